The zero-order chi connectivity index (χ0) is 13.7. The summed E-state index contributed by atoms with van der Waals surface area (Å²) in [5, 5.41) is 3.38. The maximum absolute atomic E-state index is 5.58. The van der Waals surface area contributed by atoms with E-state index in [1.54, 1.807) is 0 Å². The summed E-state index contributed by atoms with van der Waals surface area (Å²) in [6.45, 7) is 12.3. The molecule has 106 valence electrons. The molecule has 0 aliphatic carbocycles. The Kier molecular flexibility index (Phi) is 4.97. The van der Waals surface area contributed by atoms with Gasteiger partial charge in [0.1, 0.15) is 0 Å². The highest BCUT2D eigenvalue weighted by atomic mass is 16.5. The Bertz CT molecular complexity index is 403. The van der Waals surface area contributed by atoms with Crippen LogP contribution >= 0.6 is 0 Å². The summed E-state index contributed by atoms with van der Waals surface area (Å²) >= 11 is 0. The fourth-order valence-electron chi connectivity index (χ4n) is 2.51. The number of ether oxygens (including phenoxy) is 1. The van der Waals surface area contributed by atoms with Gasteiger partial charge in [0.05, 0.1) is 13.2 Å². The normalized spacial score (nSPS) is 19.5. The van der Waals surface area contributed by atoms with E-state index in [9.17, 15) is 0 Å². The second kappa shape index (κ2) is 6.51. The molecule has 0 unspecified atom stereocenters. The van der Waals surface area contributed by atoms with Gasteiger partial charge >= 0.3 is 0 Å². The maximum Gasteiger partial charge on any atom is 0.0645 e. The van der Waals surface area contributed by atoms with Gasteiger partial charge < -0.3 is 10.1 Å². The summed E-state index contributed by atoms with van der Waals surface area (Å²) in [6, 6.07) is 8.89. The molecule has 1 heterocycles. The van der Waals surface area contributed by atoms with Crippen LogP contribution in [-0.4, -0.2) is 36.7 Å². The van der Waals surface area contributed by atoms with Gasteiger partial charge in [-0.3, -0.25) is 4.90 Å². The molecule has 3 heteroatoms. The molecule has 0 saturated carbocycles. The number of nitrogens with one attached hydrogen (secondary N) is 1. The Morgan fingerprint density at radius 2 is 2.11 bits per heavy atom. The maximum atomic E-state index is 5.58. The van der Waals surface area contributed by atoms with Crippen molar-refractivity contribution >= 4 is 0 Å². The van der Waals surface area contributed by atoms with Gasteiger partial charge in [-0.25, -0.2) is 0 Å². The third-order valence-corrected chi connectivity index (χ3v) is 3.76. The van der Waals surface area contributed by atoms with Gasteiger partial charge in [0.2, 0.25) is 0 Å². The van der Waals surface area contributed by atoms with Crippen molar-refractivity contribution in [1.29, 1.82) is 0 Å². The SMILES string of the molecule is CCNCc1cccc(CN2CCOCC2(C)C)c1. The highest BCUT2D eigenvalue weighted by molar-refractivity contribution is 5.23. The first-order valence-corrected chi connectivity index (χ1v) is 7.23. The predicted octanol–water partition coefficient (Wildman–Crippen LogP) is 2.41. The van der Waals surface area contributed by atoms with Crippen molar-refractivity contribution in [2.24, 2.45) is 0 Å². The van der Waals surface area contributed by atoms with Gasteiger partial charge in [0, 0.05) is 25.2 Å². The highest BCUT2D eigenvalue weighted by Gasteiger charge is 2.30. The summed E-state index contributed by atoms with van der Waals surface area (Å²) in [6.07, 6.45) is 0. The lowest BCUT2D eigenvalue weighted by Gasteiger charge is -2.42. The molecule has 1 fully saturated rings. The summed E-state index contributed by atoms with van der Waals surface area (Å²) in [5.74, 6) is 0. The van der Waals surface area contributed by atoms with E-state index >= 15 is 0 Å². The van der Waals surface area contributed by atoms with Crippen molar-refractivity contribution in [2.75, 3.05) is 26.3 Å². The van der Waals surface area contributed by atoms with Gasteiger partial charge in [-0.2, -0.15) is 0 Å². The summed E-state index contributed by atoms with van der Waals surface area (Å²) in [7, 11) is 0. The van der Waals surface area contributed by atoms with Gasteiger partial charge in [-0.1, -0.05) is 31.2 Å². The van der Waals surface area contributed by atoms with Crippen LogP contribution in [0.15, 0.2) is 24.3 Å². The smallest absolute Gasteiger partial charge is 0.0645 e. The van der Waals surface area contributed by atoms with Crippen LogP contribution < -0.4 is 5.32 Å². The number of hydrogen-bond donors (Lipinski definition) is 1. The van der Waals surface area contributed by atoms with Crippen LogP contribution in [0.2, 0.25) is 0 Å². The second-order valence-electron chi connectivity index (χ2n) is 5.89. The predicted molar refractivity (Wildman–Crippen MR) is 79.1 cm³/mol. The van der Waals surface area contributed by atoms with E-state index < -0.39 is 0 Å². The Morgan fingerprint density at radius 1 is 1.32 bits per heavy atom. The number of nitrogens with zero attached hydrogens (tertiary/aromatic N) is 1. The molecule has 3 nitrogen and oxygen atoms in total. The molecule has 0 radical (unpaired) electrons. The van der Waals surface area contributed by atoms with Gasteiger partial charge in [0.25, 0.3) is 0 Å². The van der Waals surface area contributed by atoms with Gasteiger partial charge in [-0.15, -0.1) is 0 Å². The van der Waals surface area contributed by atoms with Crippen LogP contribution in [0.3, 0.4) is 0 Å². The first-order valence-electron chi connectivity index (χ1n) is 7.23. The quantitative estimate of drug-likeness (QED) is 0.882. The van der Waals surface area contributed by atoms with E-state index in [2.05, 4.69) is 55.3 Å². The van der Waals surface area contributed by atoms with Gasteiger partial charge in [0.15, 0.2) is 0 Å². The van der Waals surface area contributed by atoms with E-state index in [1.807, 2.05) is 0 Å². The zero-order valence-corrected chi connectivity index (χ0v) is 12.4. The molecule has 0 bridgehead atoms. The van der Waals surface area contributed by atoms with Crippen LogP contribution in [0.25, 0.3) is 0 Å². The molecule has 0 aromatic heterocycles. The molecule has 1 aromatic carbocycles. The van der Waals surface area contributed by atoms with Crippen molar-refractivity contribution in [3.05, 3.63) is 35.4 Å². The van der Waals surface area contributed by atoms with Crippen LogP contribution in [0, 0.1) is 0 Å². The lowest BCUT2D eigenvalue weighted by Crippen LogP contribution is -2.52. The Balaban J connectivity index is 2.01. The molecule has 2 rings (SSSR count). The number of morpholine rings is 1. The van der Waals surface area contributed by atoms with Crippen LogP contribution in [0.1, 0.15) is 31.9 Å². The van der Waals surface area contributed by atoms with E-state index in [0.717, 1.165) is 39.4 Å². The van der Waals surface area contributed by atoms with E-state index in [-0.39, 0.29) is 5.54 Å². The first-order chi connectivity index (χ1) is 9.12. The fourth-order valence-corrected chi connectivity index (χ4v) is 2.51. The lowest BCUT2D eigenvalue weighted by molar-refractivity contribution is -0.0552. The largest absolute Gasteiger partial charge is 0.378 e. The first kappa shape index (κ1) is 14.5. The molecule has 0 spiro atoms. The Morgan fingerprint density at radius 3 is 2.84 bits per heavy atom. The van der Waals surface area contributed by atoms with Crippen molar-refractivity contribution in [2.45, 2.75) is 39.4 Å². The number of hydrogen-bond acceptors (Lipinski definition) is 3. The molecule has 0 atom stereocenters. The summed E-state index contributed by atoms with van der Waals surface area (Å²) in [5.41, 5.74) is 2.89. The van der Waals surface area contributed by atoms with Crippen LogP contribution in [0.5, 0.6) is 0 Å². The molecule has 1 aliphatic rings. The summed E-state index contributed by atoms with van der Waals surface area (Å²) in [4.78, 5) is 2.52. The molecule has 19 heavy (non-hydrogen) atoms. The minimum atomic E-state index is 0.135. The minimum Gasteiger partial charge on any atom is -0.378 e. The van der Waals surface area contributed by atoms with Gasteiger partial charge in [-0.05, 0) is 31.5 Å². The van der Waals surface area contributed by atoms with Crippen molar-refractivity contribution in [1.82, 2.24) is 10.2 Å². The highest BCUT2D eigenvalue weighted by Crippen LogP contribution is 2.21. The molecular weight excluding hydrogens is 236 g/mol. The van der Waals surface area contributed by atoms with E-state index in [4.69, 9.17) is 4.74 Å². The van der Waals surface area contributed by atoms with Crippen molar-refractivity contribution in [3.63, 3.8) is 0 Å². The second-order valence-corrected chi connectivity index (χ2v) is 5.89. The van der Waals surface area contributed by atoms with Crippen LogP contribution in [-0.2, 0) is 17.8 Å². The number of rotatable bonds is 5. The third-order valence-electron chi connectivity index (χ3n) is 3.76. The standard InChI is InChI=1S/C16H26N2O/c1-4-17-11-14-6-5-7-15(10-14)12-18-8-9-19-13-16(18,2)3/h5-7,10,17H,4,8-9,11-13H2,1-3H3. The average molecular weight is 262 g/mol. The van der Waals surface area contributed by atoms with Crippen molar-refractivity contribution < 1.29 is 4.74 Å². The zero-order valence-electron chi connectivity index (χ0n) is 12.4. The number of benzene rings is 1. The van der Waals surface area contributed by atoms with Crippen molar-refractivity contribution in [3.8, 4) is 0 Å². The Hall–Kier alpha value is -0.900. The molecule has 1 aliphatic heterocycles. The minimum absolute atomic E-state index is 0.135. The van der Waals surface area contributed by atoms with E-state index in [0.29, 0.717) is 0 Å². The molecule has 1 aromatic rings. The van der Waals surface area contributed by atoms with Crippen LogP contribution in [0.4, 0.5) is 0 Å². The Labute approximate surface area is 116 Å². The summed E-state index contributed by atoms with van der Waals surface area (Å²) < 4.78 is 5.58. The monoisotopic (exact) mass is 262 g/mol. The molecule has 1 N–H and O–H groups in total. The molecular formula is C16H26N2O. The molecule has 1 saturated heterocycles. The third kappa shape index (κ3) is 4.03. The fraction of sp³-hybridized carbons (Fsp3) is 0.625. The lowest BCUT2D eigenvalue weighted by atomic mass is 10.0. The average Bonchev–Trinajstić information content (AvgIpc) is 2.39. The topological polar surface area (TPSA) is 24.5 Å². The van der Waals surface area contributed by atoms with E-state index in [1.165, 1.54) is 11.1 Å². The molecule has 0 amide bonds.